The predicted octanol–water partition coefficient (Wildman–Crippen LogP) is 1.89. The molecule has 0 aromatic heterocycles. The molecule has 0 aliphatic heterocycles. The standard InChI is InChI=1S/C18H19N3O5/c1-12(22)20-14-4-6-15(7-5-14)26-11-18(24)21-19-10-13-3-8-16(23)17(9-13)25-2/h3-10,23H,11H2,1-2H3,(H,20,22)(H,21,24). The van der Waals surface area contributed by atoms with E-state index >= 15 is 0 Å². The van der Waals surface area contributed by atoms with Crippen LogP contribution in [0, 0.1) is 0 Å². The van der Waals surface area contributed by atoms with Gasteiger partial charge < -0.3 is 19.9 Å². The van der Waals surface area contributed by atoms with Gasteiger partial charge in [0.2, 0.25) is 5.91 Å². The van der Waals surface area contributed by atoms with Gasteiger partial charge in [0.15, 0.2) is 18.1 Å². The molecule has 0 saturated carbocycles. The summed E-state index contributed by atoms with van der Waals surface area (Å²) < 4.78 is 10.3. The van der Waals surface area contributed by atoms with Crippen molar-refractivity contribution in [2.45, 2.75) is 6.92 Å². The average molecular weight is 357 g/mol. The van der Waals surface area contributed by atoms with E-state index in [1.54, 1.807) is 36.4 Å². The lowest BCUT2D eigenvalue weighted by atomic mass is 10.2. The van der Waals surface area contributed by atoms with Crippen molar-refractivity contribution >= 4 is 23.7 Å². The quantitative estimate of drug-likeness (QED) is 0.518. The number of rotatable bonds is 7. The lowest BCUT2D eigenvalue weighted by Gasteiger charge is -2.07. The summed E-state index contributed by atoms with van der Waals surface area (Å²) in [6, 6.07) is 11.3. The van der Waals surface area contributed by atoms with Gasteiger partial charge in [0.05, 0.1) is 13.3 Å². The summed E-state index contributed by atoms with van der Waals surface area (Å²) in [5.74, 6) is 0.222. The van der Waals surface area contributed by atoms with Crippen LogP contribution in [0.25, 0.3) is 0 Å². The van der Waals surface area contributed by atoms with Gasteiger partial charge >= 0.3 is 0 Å². The summed E-state index contributed by atoms with van der Waals surface area (Å²) in [5, 5.41) is 16.0. The first-order chi connectivity index (χ1) is 12.5. The molecule has 0 bridgehead atoms. The Labute approximate surface area is 150 Å². The van der Waals surface area contributed by atoms with Crippen LogP contribution in [0.5, 0.6) is 17.2 Å². The normalized spacial score (nSPS) is 10.4. The fraction of sp³-hybridized carbons (Fsp3) is 0.167. The maximum absolute atomic E-state index is 11.7. The van der Waals surface area contributed by atoms with Crippen LogP contribution in [0.4, 0.5) is 5.69 Å². The van der Waals surface area contributed by atoms with Crippen LogP contribution >= 0.6 is 0 Å². The minimum atomic E-state index is -0.432. The second-order valence-electron chi connectivity index (χ2n) is 5.22. The van der Waals surface area contributed by atoms with Gasteiger partial charge in [-0.05, 0) is 48.0 Å². The second-order valence-corrected chi connectivity index (χ2v) is 5.22. The average Bonchev–Trinajstić information content (AvgIpc) is 2.62. The second kappa shape index (κ2) is 9.07. The Bertz CT molecular complexity index is 803. The molecule has 0 saturated heterocycles. The number of aromatic hydroxyl groups is 1. The number of hydrogen-bond acceptors (Lipinski definition) is 6. The van der Waals surface area contributed by atoms with E-state index in [9.17, 15) is 14.7 Å². The molecule has 0 fully saturated rings. The Hall–Kier alpha value is -3.55. The van der Waals surface area contributed by atoms with Crippen molar-refractivity contribution < 1.29 is 24.2 Å². The lowest BCUT2D eigenvalue weighted by Crippen LogP contribution is -2.24. The molecule has 8 heteroatoms. The third-order valence-electron chi connectivity index (χ3n) is 3.15. The molecule has 3 N–H and O–H groups in total. The Morgan fingerprint density at radius 3 is 2.58 bits per heavy atom. The smallest absolute Gasteiger partial charge is 0.277 e. The highest BCUT2D eigenvalue weighted by Crippen LogP contribution is 2.25. The Kier molecular flexibility index (Phi) is 6.55. The first-order valence-corrected chi connectivity index (χ1v) is 7.67. The summed E-state index contributed by atoms with van der Waals surface area (Å²) in [4.78, 5) is 22.7. The van der Waals surface area contributed by atoms with E-state index in [-0.39, 0.29) is 18.3 Å². The highest BCUT2D eigenvalue weighted by atomic mass is 16.5. The molecule has 2 aromatic carbocycles. The molecule has 0 spiro atoms. The van der Waals surface area contributed by atoms with Crippen molar-refractivity contribution in [3.05, 3.63) is 48.0 Å². The minimum absolute atomic E-state index is 0.0200. The molecule has 2 amide bonds. The molecule has 0 unspecified atom stereocenters. The summed E-state index contributed by atoms with van der Waals surface area (Å²) >= 11 is 0. The molecule has 0 atom stereocenters. The van der Waals surface area contributed by atoms with E-state index in [0.29, 0.717) is 22.7 Å². The van der Waals surface area contributed by atoms with Crippen LogP contribution in [-0.2, 0) is 9.59 Å². The molecular weight excluding hydrogens is 338 g/mol. The number of benzene rings is 2. The number of methoxy groups -OCH3 is 1. The summed E-state index contributed by atoms with van der Waals surface area (Å²) in [7, 11) is 1.44. The third-order valence-corrected chi connectivity index (χ3v) is 3.15. The number of hydrazone groups is 1. The maximum Gasteiger partial charge on any atom is 0.277 e. The van der Waals surface area contributed by atoms with Crippen LogP contribution in [0.3, 0.4) is 0 Å². The first-order valence-electron chi connectivity index (χ1n) is 7.67. The van der Waals surface area contributed by atoms with Crippen molar-refractivity contribution in [1.29, 1.82) is 0 Å². The van der Waals surface area contributed by atoms with Gasteiger partial charge in [-0.25, -0.2) is 5.43 Å². The molecule has 8 nitrogen and oxygen atoms in total. The van der Waals surface area contributed by atoms with Gasteiger partial charge in [-0.15, -0.1) is 0 Å². The highest BCUT2D eigenvalue weighted by Gasteiger charge is 2.03. The van der Waals surface area contributed by atoms with Crippen LogP contribution < -0.4 is 20.2 Å². The molecule has 0 aliphatic rings. The van der Waals surface area contributed by atoms with Gasteiger partial charge in [0.25, 0.3) is 5.91 Å². The Balaban J connectivity index is 1.80. The van der Waals surface area contributed by atoms with Crippen molar-refractivity contribution in [3.8, 4) is 17.2 Å². The van der Waals surface area contributed by atoms with Gasteiger partial charge in [-0.1, -0.05) is 0 Å². The zero-order chi connectivity index (χ0) is 18.9. The Morgan fingerprint density at radius 1 is 1.19 bits per heavy atom. The number of carbonyl (C=O) groups is 2. The van der Waals surface area contributed by atoms with E-state index in [2.05, 4.69) is 15.8 Å². The highest BCUT2D eigenvalue weighted by molar-refractivity contribution is 5.88. The summed E-state index contributed by atoms with van der Waals surface area (Å²) in [6.07, 6.45) is 1.42. The van der Waals surface area contributed by atoms with Gasteiger partial charge in [0, 0.05) is 12.6 Å². The van der Waals surface area contributed by atoms with Crippen molar-refractivity contribution in [3.63, 3.8) is 0 Å². The number of carbonyl (C=O) groups excluding carboxylic acids is 2. The topological polar surface area (TPSA) is 109 Å². The molecule has 0 radical (unpaired) electrons. The largest absolute Gasteiger partial charge is 0.504 e. The molecule has 136 valence electrons. The zero-order valence-electron chi connectivity index (χ0n) is 14.4. The number of phenolic OH excluding ortho intramolecular Hbond substituents is 1. The van der Waals surface area contributed by atoms with Crippen molar-refractivity contribution in [2.24, 2.45) is 5.10 Å². The number of phenols is 1. The van der Waals surface area contributed by atoms with Crippen LogP contribution in [0.1, 0.15) is 12.5 Å². The van der Waals surface area contributed by atoms with Crippen LogP contribution in [0.15, 0.2) is 47.6 Å². The predicted molar refractivity (Wildman–Crippen MR) is 96.6 cm³/mol. The fourth-order valence-corrected chi connectivity index (χ4v) is 1.97. The summed E-state index contributed by atoms with van der Waals surface area (Å²) in [5.41, 5.74) is 3.63. The molecule has 2 aromatic rings. The minimum Gasteiger partial charge on any atom is -0.504 e. The third kappa shape index (κ3) is 5.82. The zero-order valence-corrected chi connectivity index (χ0v) is 14.4. The van der Waals surface area contributed by atoms with E-state index < -0.39 is 5.91 Å². The number of ether oxygens (including phenoxy) is 2. The number of anilines is 1. The van der Waals surface area contributed by atoms with Crippen molar-refractivity contribution in [1.82, 2.24) is 5.43 Å². The van der Waals surface area contributed by atoms with Crippen LogP contribution in [-0.4, -0.2) is 36.9 Å². The molecule has 0 aliphatic carbocycles. The SMILES string of the molecule is COc1cc(C=NNC(=O)COc2ccc(NC(C)=O)cc2)ccc1O. The van der Waals surface area contributed by atoms with Gasteiger partial charge in [0.1, 0.15) is 5.75 Å². The van der Waals surface area contributed by atoms with E-state index in [1.165, 1.54) is 26.3 Å². The summed E-state index contributed by atoms with van der Waals surface area (Å²) in [6.45, 7) is 1.21. The molecular formula is C18H19N3O5. The van der Waals surface area contributed by atoms with E-state index in [0.717, 1.165) is 0 Å². The number of nitrogens with one attached hydrogen (secondary N) is 2. The first kappa shape index (κ1) is 18.8. The fourth-order valence-electron chi connectivity index (χ4n) is 1.97. The van der Waals surface area contributed by atoms with Crippen LogP contribution in [0.2, 0.25) is 0 Å². The number of amides is 2. The van der Waals surface area contributed by atoms with Gasteiger partial charge in [-0.3, -0.25) is 9.59 Å². The lowest BCUT2D eigenvalue weighted by molar-refractivity contribution is -0.123. The Morgan fingerprint density at radius 2 is 1.92 bits per heavy atom. The number of nitrogens with zero attached hydrogens (tertiary/aromatic N) is 1. The maximum atomic E-state index is 11.7. The van der Waals surface area contributed by atoms with Gasteiger partial charge in [-0.2, -0.15) is 5.10 Å². The molecule has 0 heterocycles. The number of hydrogen-bond donors (Lipinski definition) is 3. The molecule has 2 rings (SSSR count). The molecule has 26 heavy (non-hydrogen) atoms. The van der Waals surface area contributed by atoms with E-state index in [4.69, 9.17) is 9.47 Å². The van der Waals surface area contributed by atoms with Crippen molar-refractivity contribution in [2.75, 3.05) is 19.0 Å². The van der Waals surface area contributed by atoms with E-state index in [1.807, 2.05) is 0 Å². The monoisotopic (exact) mass is 357 g/mol.